The van der Waals surface area contributed by atoms with Gasteiger partial charge in [-0.3, -0.25) is 28.9 Å². The first-order valence-electron chi connectivity index (χ1n) is 9.91. The Labute approximate surface area is 174 Å². The van der Waals surface area contributed by atoms with Crippen LogP contribution in [0.2, 0.25) is 0 Å². The number of nitro groups is 1. The van der Waals surface area contributed by atoms with Crippen LogP contribution < -0.4 is 16.6 Å². The van der Waals surface area contributed by atoms with Gasteiger partial charge in [0, 0.05) is 51.9 Å². The van der Waals surface area contributed by atoms with Crippen molar-refractivity contribution in [2.75, 3.05) is 38.1 Å². The highest BCUT2D eigenvalue weighted by Gasteiger charge is 2.08. The summed E-state index contributed by atoms with van der Waals surface area (Å²) in [5.74, 6) is 0.463. The molecule has 30 heavy (non-hydrogen) atoms. The van der Waals surface area contributed by atoms with Gasteiger partial charge in [0.05, 0.1) is 11.5 Å². The standard InChI is InChI=1S/C20H29N5O5/c1-22-18(15-19(27)23(2)20(22)28)21-10-12-24(13-14-26)11-4-3-5-16-6-8-17(9-7-16)25(29)30/h6-9,15,21,26H,3-5,10-14H2,1-2H3. The summed E-state index contributed by atoms with van der Waals surface area (Å²) in [6.07, 6.45) is 2.68. The van der Waals surface area contributed by atoms with Gasteiger partial charge in [-0.25, -0.2) is 4.79 Å². The van der Waals surface area contributed by atoms with E-state index in [1.807, 2.05) is 0 Å². The highest BCUT2D eigenvalue weighted by atomic mass is 16.6. The molecule has 0 aliphatic carbocycles. The van der Waals surface area contributed by atoms with Crippen LogP contribution in [0.1, 0.15) is 18.4 Å². The lowest BCUT2D eigenvalue weighted by molar-refractivity contribution is -0.384. The zero-order valence-corrected chi connectivity index (χ0v) is 17.4. The van der Waals surface area contributed by atoms with Gasteiger partial charge in [-0.1, -0.05) is 12.1 Å². The first-order chi connectivity index (χ1) is 14.3. The Morgan fingerprint density at radius 1 is 1.07 bits per heavy atom. The Morgan fingerprint density at radius 2 is 1.77 bits per heavy atom. The van der Waals surface area contributed by atoms with E-state index in [-0.39, 0.29) is 23.5 Å². The van der Waals surface area contributed by atoms with E-state index in [1.54, 1.807) is 19.2 Å². The van der Waals surface area contributed by atoms with E-state index in [0.717, 1.165) is 35.9 Å². The SMILES string of the molecule is Cn1c(NCCN(CCO)CCCCc2ccc([N+](=O)[O-])cc2)cc(=O)n(C)c1=O. The Bertz CT molecular complexity index is 952. The number of aliphatic hydroxyl groups is 1. The molecule has 2 N–H and O–H groups in total. The summed E-state index contributed by atoms with van der Waals surface area (Å²) < 4.78 is 2.44. The molecule has 10 heteroatoms. The van der Waals surface area contributed by atoms with E-state index in [2.05, 4.69) is 10.2 Å². The molecule has 10 nitrogen and oxygen atoms in total. The van der Waals surface area contributed by atoms with E-state index in [0.29, 0.717) is 25.5 Å². The maximum Gasteiger partial charge on any atom is 0.332 e. The highest BCUT2D eigenvalue weighted by molar-refractivity contribution is 5.34. The second kappa shape index (κ2) is 11.3. The van der Waals surface area contributed by atoms with Crippen LogP contribution in [0.3, 0.4) is 0 Å². The molecule has 1 heterocycles. The van der Waals surface area contributed by atoms with E-state index in [4.69, 9.17) is 0 Å². The normalized spacial score (nSPS) is 11.1. The third kappa shape index (κ3) is 6.53. The molecule has 0 atom stereocenters. The quantitative estimate of drug-likeness (QED) is 0.295. The van der Waals surface area contributed by atoms with Gasteiger partial charge in [0.1, 0.15) is 5.82 Å². The maximum absolute atomic E-state index is 12.0. The van der Waals surface area contributed by atoms with Gasteiger partial charge in [-0.2, -0.15) is 0 Å². The van der Waals surface area contributed by atoms with Crippen LogP contribution in [-0.2, 0) is 20.5 Å². The number of nitro benzene ring substituents is 1. The lowest BCUT2D eigenvalue weighted by Crippen LogP contribution is -2.38. The first-order valence-corrected chi connectivity index (χ1v) is 9.91. The first kappa shape index (κ1) is 23.3. The van der Waals surface area contributed by atoms with Crippen molar-refractivity contribution in [1.82, 2.24) is 14.0 Å². The Kier molecular flexibility index (Phi) is 8.75. The molecule has 0 unspecified atom stereocenters. The minimum Gasteiger partial charge on any atom is -0.395 e. The minimum atomic E-state index is -0.407. The second-order valence-electron chi connectivity index (χ2n) is 7.14. The molecule has 0 aliphatic heterocycles. The van der Waals surface area contributed by atoms with Crippen molar-refractivity contribution in [1.29, 1.82) is 0 Å². The van der Waals surface area contributed by atoms with Gasteiger partial charge in [0.25, 0.3) is 11.2 Å². The molecule has 2 aromatic rings. The van der Waals surface area contributed by atoms with Crippen LogP contribution in [0.15, 0.2) is 39.9 Å². The van der Waals surface area contributed by atoms with Crippen molar-refractivity contribution >= 4 is 11.5 Å². The van der Waals surface area contributed by atoms with E-state index in [1.165, 1.54) is 29.8 Å². The van der Waals surface area contributed by atoms with E-state index in [9.17, 15) is 24.8 Å². The van der Waals surface area contributed by atoms with Crippen molar-refractivity contribution in [2.24, 2.45) is 14.1 Å². The van der Waals surface area contributed by atoms with Gasteiger partial charge >= 0.3 is 5.69 Å². The number of aryl methyl sites for hydroxylation is 1. The molecule has 0 aliphatic rings. The molecule has 1 aromatic carbocycles. The van der Waals surface area contributed by atoms with Crippen LogP contribution >= 0.6 is 0 Å². The molecule has 1 aromatic heterocycles. The number of rotatable bonds is 12. The van der Waals surface area contributed by atoms with Crippen LogP contribution in [0.25, 0.3) is 0 Å². The fourth-order valence-corrected chi connectivity index (χ4v) is 3.17. The Hall–Kier alpha value is -2.98. The van der Waals surface area contributed by atoms with Crippen LogP contribution in [0.5, 0.6) is 0 Å². The lowest BCUT2D eigenvalue weighted by atomic mass is 10.1. The fourth-order valence-electron chi connectivity index (χ4n) is 3.17. The summed E-state index contributed by atoms with van der Waals surface area (Å²) >= 11 is 0. The lowest BCUT2D eigenvalue weighted by Gasteiger charge is -2.22. The molecule has 0 bridgehead atoms. The second-order valence-corrected chi connectivity index (χ2v) is 7.14. The Morgan fingerprint density at radius 3 is 2.40 bits per heavy atom. The van der Waals surface area contributed by atoms with Gasteiger partial charge in [0.2, 0.25) is 0 Å². The minimum absolute atomic E-state index is 0.0483. The number of aromatic nitrogens is 2. The molecule has 0 radical (unpaired) electrons. The van der Waals surface area contributed by atoms with Crippen molar-refractivity contribution < 1.29 is 10.0 Å². The zero-order chi connectivity index (χ0) is 22.1. The summed E-state index contributed by atoms with van der Waals surface area (Å²) in [6.45, 7) is 2.57. The predicted molar refractivity (Wildman–Crippen MR) is 115 cm³/mol. The van der Waals surface area contributed by atoms with Gasteiger partial charge < -0.3 is 10.4 Å². The third-order valence-corrected chi connectivity index (χ3v) is 5.01. The molecular formula is C20H29N5O5. The fraction of sp³-hybridized carbons (Fsp3) is 0.500. The summed E-state index contributed by atoms with van der Waals surface area (Å²) in [4.78, 5) is 36.2. The maximum atomic E-state index is 12.0. The average Bonchev–Trinajstić information content (AvgIpc) is 2.73. The largest absolute Gasteiger partial charge is 0.395 e. The van der Waals surface area contributed by atoms with Crippen molar-refractivity contribution in [3.05, 3.63) is 66.8 Å². The van der Waals surface area contributed by atoms with Crippen LogP contribution in [-0.4, -0.2) is 56.8 Å². The summed E-state index contributed by atoms with van der Waals surface area (Å²) in [6, 6.07) is 7.98. The smallest absolute Gasteiger partial charge is 0.332 e. The van der Waals surface area contributed by atoms with E-state index >= 15 is 0 Å². The third-order valence-electron chi connectivity index (χ3n) is 5.01. The topological polar surface area (TPSA) is 123 Å². The molecule has 0 fully saturated rings. The van der Waals surface area contributed by atoms with Crippen molar-refractivity contribution in [3.63, 3.8) is 0 Å². The van der Waals surface area contributed by atoms with Crippen molar-refractivity contribution in [3.8, 4) is 0 Å². The summed E-state index contributed by atoms with van der Waals surface area (Å²) in [5.41, 5.74) is 0.402. The highest BCUT2D eigenvalue weighted by Crippen LogP contribution is 2.13. The number of hydrogen-bond donors (Lipinski definition) is 2. The number of nitrogens with one attached hydrogen (secondary N) is 1. The van der Waals surface area contributed by atoms with Crippen molar-refractivity contribution in [2.45, 2.75) is 19.3 Å². The summed E-state index contributed by atoms with van der Waals surface area (Å²) in [5, 5.41) is 23.1. The van der Waals surface area contributed by atoms with Crippen LogP contribution in [0, 0.1) is 10.1 Å². The van der Waals surface area contributed by atoms with Gasteiger partial charge in [-0.05, 0) is 31.4 Å². The molecule has 0 saturated carbocycles. The monoisotopic (exact) mass is 419 g/mol. The number of hydrogen-bond acceptors (Lipinski definition) is 7. The number of anilines is 1. The number of unbranched alkanes of at least 4 members (excludes halogenated alkanes) is 1. The number of nitrogens with zero attached hydrogens (tertiary/aromatic N) is 4. The average molecular weight is 419 g/mol. The van der Waals surface area contributed by atoms with Gasteiger partial charge in [0.15, 0.2) is 0 Å². The number of benzene rings is 1. The predicted octanol–water partition coefficient (Wildman–Crippen LogP) is 0.721. The molecule has 2 rings (SSSR count). The van der Waals surface area contributed by atoms with Gasteiger partial charge in [-0.15, -0.1) is 0 Å². The number of non-ortho nitro benzene ring substituents is 1. The molecule has 164 valence electrons. The van der Waals surface area contributed by atoms with Crippen LogP contribution in [0.4, 0.5) is 11.5 Å². The summed E-state index contributed by atoms with van der Waals surface area (Å²) in [7, 11) is 3.04. The molecular weight excluding hydrogens is 390 g/mol. The molecule has 0 spiro atoms. The number of aliphatic hydroxyl groups excluding tert-OH is 1. The Balaban J connectivity index is 1.79. The molecule has 0 amide bonds. The van der Waals surface area contributed by atoms with E-state index < -0.39 is 4.92 Å². The zero-order valence-electron chi connectivity index (χ0n) is 17.4. The molecule has 0 saturated heterocycles.